The summed E-state index contributed by atoms with van der Waals surface area (Å²) in [7, 11) is -1.94. The number of rotatable bonds is 10. The lowest BCUT2D eigenvalue weighted by Crippen LogP contribution is -2.39. The Morgan fingerprint density at radius 3 is 2.47 bits per heavy atom. The van der Waals surface area contributed by atoms with Gasteiger partial charge in [-0.2, -0.15) is 5.10 Å². The molecule has 0 amide bonds. The van der Waals surface area contributed by atoms with Crippen molar-refractivity contribution >= 4 is 21.1 Å². The van der Waals surface area contributed by atoms with E-state index < -0.39 is 10.0 Å². The molecule has 0 atom stereocenters. The maximum Gasteiger partial charge on any atom is 0.269 e. The lowest BCUT2D eigenvalue weighted by atomic mass is 9.81. The second-order valence-corrected chi connectivity index (χ2v) is 11.8. The number of aryl methyl sites for hydroxylation is 1. The monoisotopic (exact) mass is 535 g/mol. The lowest BCUT2D eigenvalue weighted by molar-refractivity contribution is 0.0834. The van der Waals surface area contributed by atoms with Crippen LogP contribution in [0.1, 0.15) is 51.0 Å². The summed E-state index contributed by atoms with van der Waals surface area (Å²) in [6, 6.07) is 11.2. The molecule has 1 saturated carbocycles. The average molecular weight is 536 g/mol. The van der Waals surface area contributed by atoms with E-state index in [2.05, 4.69) is 23.0 Å². The maximum atomic E-state index is 13.6. The number of ether oxygens (including phenoxy) is 1. The van der Waals surface area contributed by atoms with Gasteiger partial charge in [-0.25, -0.2) is 17.4 Å². The largest absolute Gasteiger partial charge is 0.380 e. The fourth-order valence-corrected chi connectivity index (χ4v) is 7.04. The van der Waals surface area contributed by atoms with Crippen LogP contribution < -0.4 is 0 Å². The van der Waals surface area contributed by atoms with Gasteiger partial charge in [0.25, 0.3) is 10.0 Å². The molecule has 3 aromatic heterocycles. The van der Waals surface area contributed by atoms with Crippen LogP contribution in [0.3, 0.4) is 0 Å². The van der Waals surface area contributed by atoms with E-state index in [1.165, 1.54) is 9.54 Å². The predicted molar refractivity (Wildman–Crippen MR) is 150 cm³/mol. The Hall–Kier alpha value is -3.01. The molecule has 1 aliphatic rings. The van der Waals surface area contributed by atoms with Crippen molar-refractivity contribution in [1.82, 2.24) is 23.6 Å². The number of pyridine rings is 1. The number of hydrogen-bond acceptors (Lipinski definition) is 6. The van der Waals surface area contributed by atoms with Crippen molar-refractivity contribution in [2.75, 3.05) is 26.3 Å². The zero-order valence-corrected chi connectivity index (χ0v) is 23.3. The maximum absolute atomic E-state index is 13.6. The first-order chi connectivity index (χ1) is 18.4. The fraction of sp³-hybridized carbons (Fsp3) is 0.448. The minimum Gasteiger partial charge on any atom is -0.380 e. The van der Waals surface area contributed by atoms with Crippen LogP contribution in [-0.2, 0) is 21.8 Å². The van der Waals surface area contributed by atoms with Crippen LogP contribution in [0.2, 0.25) is 0 Å². The minimum atomic E-state index is -3.80. The normalized spacial score (nSPS) is 18.4. The van der Waals surface area contributed by atoms with Crippen molar-refractivity contribution in [3.8, 4) is 11.1 Å². The van der Waals surface area contributed by atoms with Crippen molar-refractivity contribution in [3.63, 3.8) is 0 Å². The molecule has 0 unspecified atom stereocenters. The average Bonchev–Trinajstić information content (AvgIpc) is 3.55. The van der Waals surface area contributed by atoms with Crippen LogP contribution in [-0.4, -0.2) is 64.4 Å². The van der Waals surface area contributed by atoms with Gasteiger partial charge in [-0.15, -0.1) is 0 Å². The number of benzene rings is 1. The molecular weight excluding hydrogens is 498 g/mol. The van der Waals surface area contributed by atoms with Crippen LogP contribution in [0.5, 0.6) is 0 Å². The summed E-state index contributed by atoms with van der Waals surface area (Å²) in [6.45, 7) is 7.82. The third kappa shape index (κ3) is 5.28. The molecule has 38 heavy (non-hydrogen) atoms. The van der Waals surface area contributed by atoms with Gasteiger partial charge in [0.2, 0.25) is 0 Å². The number of hydrogen-bond donors (Lipinski definition) is 0. The Morgan fingerprint density at radius 1 is 1.05 bits per heavy atom. The molecule has 9 heteroatoms. The summed E-state index contributed by atoms with van der Waals surface area (Å²) in [6.07, 6.45) is 11.7. The Bertz CT molecular complexity index is 1470. The highest BCUT2D eigenvalue weighted by Gasteiger charge is 2.28. The summed E-state index contributed by atoms with van der Waals surface area (Å²) >= 11 is 0. The highest BCUT2D eigenvalue weighted by Crippen LogP contribution is 2.38. The van der Waals surface area contributed by atoms with Gasteiger partial charge in [0.1, 0.15) is 0 Å². The molecule has 1 fully saturated rings. The SMILES string of the molecule is CCOCCN(CC)[C@H]1CC[C@H](c2cnc3c(c2)c(-c2cnn(C)c2)cn3S(=O)(=O)c2ccccc2)CC1. The van der Waals surface area contributed by atoms with Crippen LogP contribution in [0.15, 0.2) is 66.1 Å². The van der Waals surface area contributed by atoms with Crippen LogP contribution in [0.4, 0.5) is 0 Å². The molecule has 0 radical (unpaired) electrons. The highest BCUT2D eigenvalue weighted by atomic mass is 32.2. The summed E-state index contributed by atoms with van der Waals surface area (Å²) in [5, 5.41) is 5.16. The van der Waals surface area contributed by atoms with Crippen LogP contribution in [0.25, 0.3) is 22.2 Å². The molecule has 5 rings (SSSR count). The topological polar surface area (TPSA) is 82.2 Å². The standard InChI is InChI=1S/C29H37N5O3S/c1-4-33(15-16-37-5-2)25-13-11-22(12-14-25)23-17-27-28(24-19-31-32(3)20-24)21-34(29(27)30-18-23)38(35,36)26-9-7-6-8-10-26/h6-10,17-22,25H,4-5,11-16H2,1-3H3/t22-,25-. The first kappa shape index (κ1) is 26.6. The molecule has 3 heterocycles. The first-order valence-electron chi connectivity index (χ1n) is 13.5. The number of aromatic nitrogens is 4. The quantitative estimate of drug-likeness (QED) is 0.264. The van der Waals surface area contributed by atoms with E-state index in [4.69, 9.17) is 9.72 Å². The van der Waals surface area contributed by atoms with Crippen molar-refractivity contribution in [2.45, 2.75) is 56.4 Å². The number of fused-ring (bicyclic) bond motifs is 1. The second kappa shape index (κ2) is 11.4. The molecule has 8 nitrogen and oxygen atoms in total. The van der Waals surface area contributed by atoms with Gasteiger partial charge in [0.15, 0.2) is 5.65 Å². The van der Waals surface area contributed by atoms with Gasteiger partial charge >= 0.3 is 0 Å². The molecule has 1 aromatic carbocycles. The van der Waals surface area contributed by atoms with Gasteiger partial charge in [-0.1, -0.05) is 25.1 Å². The van der Waals surface area contributed by atoms with E-state index in [1.807, 2.05) is 32.4 Å². The van der Waals surface area contributed by atoms with Crippen molar-refractivity contribution in [2.24, 2.45) is 7.05 Å². The zero-order valence-electron chi connectivity index (χ0n) is 22.5. The van der Waals surface area contributed by atoms with E-state index >= 15 is 0 Å². The third-order valence-electron chi connectivity index (χ3n) is 7.77. The van der Waals surface area contributed by atoms with Crippen molar-refractivity contribution in [1.29, 1.82) is 0 Å². The summed E-state index contributed by atoms with van der Waals surface area (Å²) in [4.78, 5) is 7.53. The minimum absolute atomic E-state index is 0.239. The lowest BCUT2D eigenvalue weighted by Gasteiger charge is -2.36. The van der Waals surface area contributed by atoms with Gasteiger partial charge in [0.05, 0.1) is 17.7 Å². The molecule has 0 saturated heterocycles. The fourth-order valence-electron chi connectivity index (χ4n) is 5.70. The summed E-state index contributed by atoms with van der Waals surface area (Å²) in [5.74, 6) is 0.407. The molecule has 1 aliphatic carbocycles. The smallest absolute Gasteiger partial charge is 0.269 e. The van der Waals surface area contributed by atoms with Gasteiger partial charge in [-0.3, -0.25) is 9.58 Å². The van der Waals surface area contributed by atoms with Gasteiger partial charge in [0, 0.05) is 61.3 Å². The zero-order chi connectivity index (χ0) is 26.7. The van der Waals surface area contributed by atoms with E-state index in [1.54, 1.807) is 41.3 Å². The molecule has 0 N–H and O–H groups in total. The number of nitrogens with zero attached hydrogens (tertiary/aromatic N) is 5. The predicted octanol–water partition coefficient (Wildman–Crippen LogP) is 5.06. The van der Waals surface area contributed by atoms with E-state index in [9.17, 15) is 8.42 Å². The molecule has 0 bridgehead atoms. The molecule has 0 spiro atoms. The first-order valence-corrected chi connectivity index (χ1v) is 15.0. The molecule has 0 aliphatic heterocycles. The van der Waals surface area contributed by atoms with Gasteiger partial charge in [-0.05, 0) is 68.8 Å². The Morgan fingerprint density at radius 2 is 1.82 bits per heavy atom. The Labute approximate surface area is 225 Å². The van der Waals surface area contributed by atoms with E-state index in [-0.39, 0.29) is 4.90 Å². The molecular formula is C29H37N5O3S. The van der Waals surface area contributed by atoms with Gasteiger partial charge < -0.3 is 4.74 Å². The van der Waals surface area contributed by atoms with Crippen LogP contribution in [0, 0.1) is 0 Å². The molecule has 4 aromatic rings. The Kier molecular flexibility index (Phi) is 7.97. The summed E-state index contributed by atoms with van der Waals surface area (Å²) < 4.78 is 35.8. The van der Waals surface area contributed by atoms with E-state index in [0.29, 0.717) is 17.6 Å². The van der Waals surface area contributed by atoms with Crippen molar-refractivity contribution < 1.29 is 13.2 Å². The van der Waals surface area contributed by atoms with Crippen LogP contribution >= 0.6 is 0 Å². The number of likely N-dealkylation sites (N-methyl/N-ethyl adjacent to an activating group) is 1. The van der Waals surface area contributed by atoms with E-state index in [0.717, 1.165) is 68.5 Å². The summed E-state index contributed by atoms with van der Waals surface area (Å²) in [5.41, 5.74) is 3.31. The second-order valence-electron chi connectivity index (χ2n) is 10.0. The molecule has 202 valence electrons. The Balaban J connectivity index is 1.46. The highest BCUT2D eigenvalue weighted by molar-refractivity contribution is 7.90. The third-order valence-corrected chi connectivity index (χ3v) is 9.43. The van der Waals surface area contributed by atoms with Crippen molar-refractivity contribution in [3.05, 3.63) is 66.7 Å².